The fraction of sp³-hybridized carbons (Fsp3) is 0.857. The number of hydrogen-bond acceptors (Lipinski definition) is 4. The second kappa shape index (κ2) is 6.10. The number of rotatable bonds is 3. The number of likely N-dealkylation sites (tertiary alicyclic amines) is 1. The van der Waals surface area contributed by atoms with E-state index < -0.39 is 5.97 Å². The number of carboxylic acids is 1. The topological polar surface area (TPSA) is 70.1 Å². The van der Waals surface area contributed by atoms with Crippen molar-refractivity contribution < 1.29 is 19.4 Å². The molecule has 0 spiro atoms. The molecule has 114 valence electrons. The third-order valence-electron chi connectivity index (χ3n) is 4.34. The van der Waals surface area contributed by atoms with Gasteiger partial charge in [0, 0.05) is 25.2 Å². The first-order valence-corrected chi connectivity index (χ1v) is 7.23. The van der Waals surface area contributed by atoms with E-state index in [4.69, 9.17) is 9.84 Å². The second-order valence-electron chi connectivity index (χ2n) is 6.28. The Morgan fingerprint density at radius 1 is 1.25 bits per heavy atom. The van der Waals surface area contributed by atoms with Crippen LogP contribution in [0.3, 0.4) is 0 Å². The number of ether oxygens (including phenoxy) is 1. The van der Waals surface area contributed by atoms with E-state index in [2.05, 4.69) is 18.7 Å². The SMILES string of the molecule is CC1(C)COCCN1CC(=O)N1CCC(C(=O)O)CC1. The van der Waals surface area contributed by atoms with E-state index in [1.54, 1.807) is 4.90 Å². The molecule has 20 heavy (non-hydrogen) atoms. The normalized spacial score (nSPS) is 24.6. The number of aliphatic carboxylic acids is 1. The van der Waals surface area contributed by atoms with Crippen molar-refractivity contribution in [1.29, 1.82) is 0 Å². The number of piperidine rings is 1. The molecule has 1 amide bonds. The lowest BCUT2D eigenvalue weighted by Gasteiger charge is -2.42. The summed E-state index contributed by atoms with van der Waals surface area (Å²) in [5, 5.41) is 8.97. The van der Waals surface area contributed by atoms with Crippen molar-refractivity contribution in [2.24, 2.45) is 5.92 Å². The Labute approximate surface area is 119 Å². The molecular weight excluding hydrogens is 260 g/mol. The van der Waals surface area contributed by atoms with Crippen LogP contribution >= 0.6 is 0 Å². The first kappa shape index (κ1) is 15.3. The molecule has 0 aromatic rings. The summed E-state index contributed by atoms with van der Waals surface area (Å²) in [5.41, 5.74) is -0.118. The second-order valence-corrected chi connectivity index (χ2v) is 6.28. The number of amides is 1. The minimum atomic E-state index is -0.744. The summed E-state index contributed by atoms with van der Waals surface area (Å²) in [5.74, 6) is -0.936. The predicted molar refractivity (Wildman–Crippen MR) is 73.4 cm³/mol. The largest absolute Gasteiger partial charge is 0.481 e. The van der Waals surface area contributed by atoms with Crippen molar-refractivity contribution in [3.05, 3.63) is 0 Å². The Bertz CT molecular complexity index is 375. The van der Waals surface area contributed by atoms with E-state index in [9.17, 15) is 9.59 Å². The molecule has 0 aromatic heterocycles. The molecule has 2 aliphatic rings. The maximum absolute atomic E-state index is 12.3. The zero-order valence-electron chi connectivity index (χ0n) is 12.3. The predicted octanol–water partition coefficient (Wildman–Crippen LogP) is 0.420. The van der Waals surface area contributed by atoms with Crippen LogP contribution in [0.4, 0.5) is 0 Å². The monoisotopic (exact) mass is 284 g/mol. The molecule has 6 heteroatoms. The molecule has 0 aromatic carbocycles. The van der Waals surface area contributed by atoms with Crippen LogP contribution < -0.4 is 0 Å². The van der Waals surface area contributed by atoms with Crippen LogP contribution in [-0.4, -0.2) is 71.7 Å². The number of carbonyl (C=O) groups excluding carboxylic acids is 1. The standard InChI is InChI=1S/C14H24N2O4/c1-14(2)10-20-8-7-16(14)9-12(17)15-5-3-11(4-6-15)13(18)19/h11H,3-10H2,1-2H3,(H,18,19). The molecule has 0 bridgehead atoms. The van der Waals surface area contributed by atoms with Gasteiger partial charge in [-0.2, -0.15) is 0 Å². The molecular formula is C14H24N2O4. The van der Waals surface area contributed by atoms with E-state index in [-0.39, 0.29) is 17.4 Å². The van der Waals surface area contributed by atoms with Crippen LogP contribution in [0.15, 0.2) is 0 Å². The molecule has 2 fully saturated rings. The maximum Gasteiger partial charge on any atom is 0.306 e. The minimum Gasteiger partial charge on any atom is -0.481 e. The summed E-state index contributed by atoms with van der Waals surface area (Å²) in [6, 6.07) is 0. The molecule has 0 saturated carbocycles. The van der Waals surface area contributed by atoms with Crippen molar-refractivity contribution in [2.75, 3.05) is 39.4 Å². The highest BCUT2D eigenvalue weighted by molar-refractivity contribution is 5.79. The number of hydrogen-bond donors (Lipinski definition) is 1. The molecule has 2 heterocycles. The van der Waals surface area contributed by atoms with Gasteiger partial charge in [0.05, 0.1) is 25.7 Å². The van der Waals surface area contributed by atoms with Gasteiger partial charge in [-0.15, -0.1) is 0 Å². The van der Waals surface area contributed by atoms with Gasteiger partial charge < -0.3 is 14.7 Å². The number of carboxylic acid groups (broad SMARTS) is 1. The number of nitrogens with zero attached hydrogens (tertiary/aromatic N) is 2. The molecule has 2 aliphatic heterocycles. The highest BCUT2D eigenvalue weighted by atomic mass is 16.5. The lowest BCUT2D eigenvalue weighted by atomic mass is 9.97. The quantitative estimate of drug-likeness (QED) is 0.813. The minimum absolute atomic E-state index is 0.101. The van der Waals surface area contributed by atoms with Crippen LogP contribution in [0.2, 0.25) is 0 Å². The molecule has 6 nitrogen and oxygen atoms in total. The van der Waals surface area contributed by atoms with Crippen LogP contribution in [0, 0.1) is 5.92 Å². The average molecular weight is 284 g/mol. The van der Waals surface area contributed by atoms with Crippen molar-refractivity contribution in [3.63, 3.8) is 0 Å². The van der Waals surface area contributed by atoms with Gasteiger partial charge in [-0.3, -0.25) is 14.5 Å². The zero-order chi connectivity index (χ0) is 14.8. The van der Waals surface area contributed by atoms with Crippen molar-refractivity contribution in [3.8, 4) is 0 Å². The van der Waals surface area contributed by atoms with Gasteiger partial charge in [-0.05, 0) is 26.7 Å². The molecule has 2 saturated heterocycles. The lowest BCUT2D eigenvalue weighted by molar-refractivity contribution is -0.147. The van der Waals surface area contributed by atoms with Crippen LogP contribution in [0.5, 0.6) is 0 Å². The first-order chi connectivity index (χ1) is 9.40. The Morgan fingerprint density at radius 3 is 2.45 bits per heavy atom. The van der Waals surface area contributed by atoms with Gasteiger partial charge in [-0.25, -0.2) is 0 Å². The van der Waals surface area contributed by atoms with Crippen molar-refractivity contribution in [2.45, 2.75) is 32.2 Å². The molecule has 1 N–H and O–H groups in total. The summed E-state index contributed by atoms with van der Waals surface area (Å²) in [7, 11) is 0. The lowest BCUT2D eigenvalue weighted by Crippen LogP contribution is -2.56. The van der Waals surface area contributed by atoms with E-state index in [0.717, 1.165) is 6.54 Å². The number of carbonyl (C=O) groups is 2. The summed E-state index contributed by atoms with van der Waals surface area (Å²) < 4.78 is 5.45. The fourth-order valence-corrected chi connectivity index (χ4v) is 2.82. The van der Waals surface area contributed by atoms with Gasteiger partial charge >= 0.3 is 5.97 Å². The van der Waals surface area contributed by atoms with Gasteiger partial charge in [0.15, 0.2) is 0 Å². The molecule has 0 aliphatic carbocycles. The molecule has 0 atom stereocenters. The summed E-state index contributed by atoms with van der Waals surface area (Å²) in [6.07, 6.45) is 1.13. The summed E-state index contributed by atoms with van der Waals surface area (Å²) in [4.78, 5) is 27.2. The zero-order valence-corrected chi connectivity index (χ0v) is 12.3. The Morgan fingerprint density at radius 2 is 1.90 bits per heavy atom. The Balaban J connectivity index is 1.85. The third kappa shape index (κ3) is 3.49. The highest BCUT2D eigenvalue weighted by Gasteiger charge is 2.34. The maximum atomic E-state index is 12.3. The van der Waals surface area contributed by atoms with E-state index in [1.165, 1.54) is 0 Å². The van der Waals surface area contributed by atoms with Crippen LogP contribution in [0.25, 0.3) is 0 Å². The Kier molecular flexibility index (Phi) is 4.65. The molecule has 2 rings (SSSR count). The van der Waals surface area contributed by atoms with Crippen LogP contribution in [0.1, 0.15) is 26.7 Å². The fourth-order valence-electron chi connectivity index (χ4n) is 2.82. The summed E-state index contributed by atoms with van der Waals surface area (Å²) >= 11 is 0. The Hall–Kier alpha value is -1.14. The summed E-state index contributed by atoms with van der Waals surface area (Å²) in [6.45, 7) is 7.74. The molecule has 0 unspecified atom stereocenters. The average Bonchev–Trinajstić information content (AvgIpc) is 2.41. The van der Waals surface area contributed by atoms with Crippen molar-refractivity contribution in [1.82, 2.24) is 9.80 Å². The van der Waals surface area contributed by atoms with E-state index in [1.807, 2.05) is 0 Å². The van der Waals surface area contributed by atoms with Crippen molar-refractivity contribution >= 4 is 11.9 Å². The first-order valence-electron chi connectivity index (χ1n) is 7.23. The smallest absolute Gasteiger partial charge is 0.306 e. The highest BCUT2D eigenvalue weighted by Crippen LogP contribution is 2.21. The molecule has 0 radical (unpaired) electrons. The number of morpholine rings is 1. The van der Waals surface area contributed by atoms with Gasteiger partial charge in [0.1, 0.15) is 0 Å². The van der Waals surface area contributed by atoms with Crippen LogP contribution in [-0.2, 0) is 14.3 Å². The van der Waals surface area contributed by atoms with Gasteiger partial charge in [0.2, 0.25) is 5.91 Å². The van der Waals surface area contributed by atoms with Gasteiger partial charge in [0.25, 0.3) is 0 Å². The third-order valence-corrected chi connectivity index (χ3v) is 4.34. The van der Waals surface area contributed by atoms with Gasteiger partial charge in [-0.1, -0.05) is 0 Å². The van der Waals surface area contributed by atoms with E-state index in [0.29, 0.717) is 45.7 Å². The van der Waals surface area contributed by atoms with E-state index >= 15 is 0 Å².